The van der Waals surface area contributed by atoms with Gasteiger partial charge in [-0.3, -0.25) is 24.1 Å². The Labute approximate surface area is 197 Å². The number of amides is 2. The molecule has 2 amide bonds. The Morgan fingerprint density at radius 2 is 1.41 bits per heavy atom. The molecule has 5 aliphatic rings. The third-order valence-corrected chi connectivity index (χ3v) is 7.97. The highest BCUT2D eigenvalue weighted by atomic mass is 16.5. The molecule has 1 heterocycles. The molecule has 6 heteroatoms. The maximum Gasteiger partial charge on any atom is 0.308 e. The molecule has 0 aromatic heterocycles. The molecule has 2 saturated carbocycles. The van der Waals surface area contributed by atoms with Crippen molar-refractivity contribution in [2.45, 2.75) is 12.8 Å². The maximum atomic E-state index is 13.0. The van der Waals surface area contributed by atoms with Crippen molar-refractivity contribution in [3.63, 3.8) is 0 Å². The van der Waals surface area contributed by atoms with E-state index in [0.29, 0.717) is 17.4 Å². The molecular weight excluding hydrogens is 430 g/mol. The summed E-state index contributed by atoms with van der Waals surface area (Å²) in [4.78, 5) is 51.9. The number of nitrogens with zero attached hydrogens (tertiary/aromatic N) is 1. The second kappa shape index (κ2) is 8.05. The van der Waals surface area contributed by atoms with Crippen LogP contribution in [0.4, 0.5) is 0 Å². The highest BCUT2D eigenvalue weighted by molar-refractivity contribution is 6.06. The first kappa shape index (κ1) is 21.0. The predicted molar refractivity (Wildman–Crippen MR) is 123 cm³/mol. The van der Waals surface area contributed by atoms with Gasteiger partial charge in [0.25, 0.3) is 0 Å². The molecule has 1 aliphatic heterocycles. The van der Waals surface area contributed by atoms with Crippen molar-refractivity contribution in [2.24, 2.45) is 35.5 Å². The average molecular weight is 456 g/mol. The van der Waals surface area contributed by atoms with E-state index in [1.165, 1.54) is 4.90 Å². The molecule has 2 aromatic carbocycles. The topological polar surface area (TPSA) is 80.8 Å². The first-order chi connectivity index (χ1) is 16.5. The Morgan fingerprint density at radius 1 is 0.824 bits per heavy atom. The van der Waals surface area contributed by atoms with Crippen LogP contribution in [-0.4, -0.2) is 41.6 Å². The molecule has 4 aliphatic carbocycles. The van der Waals surface area contributed by atoms with E-state index in [4.69, 9.17) is 4.74 Å². The number of hydrogen-bond donors (Lipinski definition) is 0. The number of allylic oxidation sites excluding steroid dienone is 2. The number of esters is 1. The van der Waals surface area contributed by atoms with Gasteiger partial charge in [-0.15, -0.1) is 0 Å². The number of imide groups is 1. The molecule has 3 fully saturated rings. The number of Topliss-reactive ketones (excluding diaryl/α,β-unsaturated/α-hetero) is 1. The largest absolute Gasteiger partial charge is 0.457 e. The number of hydrogen-bond acceptors (Lipinski definition) is 5. The van der Waals surface area contributed by atoms with Crippen LogP contribution in [0, 0.1) is 35.5 Å². The van der Waals surface area contributed by atoms with Gasteiger partial charge in [0.1, 0.15) is 0 Å². The lowest BCUT2D eigenvalue weighted by atomic mass is 9.63. The molecule has 7 rings (SSSR count). The van der Waals surface area contributed by atoms with Crippen LogP contribution in [0.25, 0.3) is 11.1 Å². The minimum atomic E-state index is -0.589. The quantitative estimate of drug-likeness (QED) is 0.276. The normalized spacial score (nSPS) is 30.2. The SMILES string of the molecule is O=C(CCN1C(=O)[C@@H]2[C@@H]3C=C[C@H]([C@@H]4C[C@H]34)[C@@H]2C1=O)OCC(=O)c1ccc(-c2ccccc2)cc1. The van der Waals surface area contributed by atoms with E-state index in [9.17, 15) is 19.2 Å². The Balaban J connectivity index is 1.01. The molecule has 6 atom stereocenters. The van der Waals surface area contributed by atoms with Crippen LogP contribution in [0.2, 0.25) is 0 Å². The number of ketones is 1. The Bertz CT molecular complexity index is 1170. The number of rotatable bonds is 7. The second-order valence-corrected chi connectivity index (χ2v) is 9.76. The summed E-state index contributed by atoms with van der Waals surface area (Å²) in [6, 6.07) is 17.0. The summed E-state index contributed by atoms with van der Waals surface area (Å²) in [6.45, 7) is -0.355. The lowest BCUT2D eigenvalue weighted by molar-refractivity contribution is -0.145. The van der Waals surface area contributed by atoms with E-state index in [-0.39, 0.29) is 60.8 Å². The zero-order valence-electron chi connectivity index (χ0n) is 18.6. The summed E-state index contributed by atoms with van der Waals surface area (Å²) < 4.78 is 5.15. The summed E-state index contributed by atoms with van der Waals surface area (Å²) in [6.07, 6.45) is 5.26. The molecule has 0 N–H and O–H groups in total. The first-order valence-electron chi connectivity index (χ1n) is 11.9. The van der Waals surface area contributed by atoms with Gasteiger partial charge in [-0.1, -0.05) is 66.7 Å². The van der Waals surface area contributed by atoms with Gasteiger partial charge in [-0.2, -0.15) is 0 Å². The van der Waals surface area contributed by atoms with Crippen molar-refractivity contribution >= 4 is 23.6 Å². The van der Waals surface area contributed by atoms with Gasteiger partial charge in [0.15, 0.2) is 12.4 Å². The van der Waals surface area contributed by atoms with E-state index in [0.717, 1.165) is 17.5 Å². The van der Waals surface area contributed by atoms with Crippen molar-refractivity contribution in [2.75, 3.05) is 13.2 Å². The molecule has 6 nitrogen and oxygen atoms in total. The van der Waals surface area contributed by atoms with Crippen molar-refractivity contribution in [1.82, 2.24) is 4.90 Å². The van der Waals surface area contributed by atoms with Crippen LogP contribution < -0.4 is 0 Å². The van der Waals surface area contributed by atoms with Gasteiger partial charge in [0.05, 0.1) is 18.3 Å². The van der Waals surface area contributed by atoms with Crippen LogP contribution in [-0.2, 0) is 19.1 Å². The van der Waals surface area contributed by atoms with Gasteiger partial charge in [0.2, 0.25) is 11.8 Å². The molecule has 0 unspecified atom stereocenters. The first-order valence-corrected chi connectivity index (χ1v) is 11.9. The minimum absolute atomic E-state index is 0.0121. The van der Waals surface area contributed by atoms with E-state index in [1.807, 2.05) is 42.5 Å². The second-order valence-electron chi connectivity index (χ2n) is 9.76. The third kappa shape index (κ3) is 3.40. The summed E-state index contributed by atoms with van der Waals surface area (Å²) in [5.41, 5.74) is 2.51. The van der Waals surface area contributed by atoms with E-state index >= 15 is 0 Å². The van der Waals surface area contributed by atoms with Crippen LogP contribution in [0.15, 0.2) is 66.7 Å². The van der Waals surface area contributed by atoms with Crippen LogP contribution in [0.3, 0.4) is 0 Å². The molecule has 2 aromatic rings. The van der Waals surface area contributed by atoms with Crippen molar-refractivity contribution in [3.8, 4) is 11.1 Å². The fourth-order valence-electron chi connectivity index (χ4n) is 6.22. The maximum absolute atomic E-state index is 13.0. The average Bonchev–Trinajstić information content (AvgIpc) is 3.66. The zero-order chi connectivity index (χ0) is 23.4. The highest BCUT2D eigenvalue weighted by Crippen LogP contribution is 2.65. The summed E-state index contributed by atoms with van der Waals surface area (Å²) >= 11 is 0. The Hall–Kier alpha value is -3.54. The molecular formula is C28H25NO5. The van der Waals surface area contributed by atoms with Crippen LogP contribution >= 0.6 is 0 Å². The number of likely N-dealkylation sites (tertiary alicyclic amines) is 1. The van der Waals surface area contributed by atoms with E-state index in [2.05, 4.69) is 12.2 Å². The van der Waals surface area contributed by atoms with Gasteiger partial charge in [-0.05, 0) is 41.2 Å². The number of carbonyl (C=O) groups is 4. The van der Waals surface area contributed by atoms with Crippen LogP contribution in [0.5, 0.6) is 0 Å². The Morgan fingerprint density at radius 3 is 2.03 bits per heavy atom. The number of benzene rings is 2. The minimum Gasteiger partial charge on any atom is -0.457 e. The van der Waals surface area contributed by atoms with Crippen molar-refractivity contribution in [3.05, 3.63) is 72.3 Å². The summed E-state index contributed by atoms with van der Waals surface area (Å²) in [5.74, 6) is -0.285. The molecule has 2 bridgehead atoms. The standard InChI is InChI=1S/C28H25NO5/c30-23(18-8-6-17(7-9-18)16-4-2-1-3-5-16)15-34-24(31)12-13-29-27(32)25-19-10-11-20(22-14-21(19)22)26(25)28(29)33/h1-11,19-22,25-26H,12-15H2/t19-,20-,21-,22+,25-,26+/m1/s1. The molecule has 34 heavy (non-hydrogen) atoms. The summed E-state index contributed by atoms with van der Waals surface area (Å²) in [5, 5.41) is 0. The van der Waals surface area contributed by atoms with Crippen molar-refractivity contribution in [1.29, 1.82) is 0 Å². The predicted octanol–water partition coefficient (Wildman–Crippen LogP) is 3.52. The molecule has 172 valence electrons. The monoisotopic (exact) mass is 455 g/mol. The lowest BCUT2D eigenvalue weighted by Gasteiger charge is -2.37. The fourth-order valence-corrected chi connectivity index (χ4v) is 6.22. The van der Waals surface area contributed by atoms with Crippen LogP contribution in [0.1, 0.15) is 23.2 Å². The van der Waals surface area contributed by atoms with Crippen molar-refractivity contribution < 1.29 is 23.9 Å². The highest BCUT2D eigenvalue weighted by Gasteiger charge is 2.66. The third-order valence-electron chi connectivity index (χ3n) is 7.97. The van der Waals surface area contributed by atoms with Gasteiger partial charge < -0.3 is 4.74 Å². The molecule has 0 spiro atoms. The number of ether oxygens (including phenoxy) is 1. The molecule has 0 radical (unpaired) electrons. The van der Waals surface area contributed by atoms with E-state index in [1.54, 1.807) is 12.1 Å². The van der Waals surface area contributed by atoms with Gasteiger partial charge >= 0.3 is 5.97 Å². The smallest absolute Gasteiger partial charge is 0.308 e. The van der Waals surface area contributed by atoms with E-state index < -0.39 is 5.97 Å². The lowest BCUT2D eigenvalue weighted by Crippen LogP contribution is -2.40. The fraction of sp³-hybridized carbons (Fsp3) is 0.357. The molecule has 1 saturated heterocycles. The zero-order valence-corrected chi connectivity index (χ0v) is 18.6. The summed E-state index contributed by atoms with van der Waals surface area (Å²) in [7, 11) is 0. The van der Waals surface area contributed by atoms with Gasteiger partial charge in [0, 0.05) is 12.1 Å². The number of carbonyl (C=O) groups excluding carboxylic acids is 4. The Kier molecular flexibility index (Phi) is 4.97. The van der Waals surface area contributed by atoms with Gasteiger partial charge in [-0.25, -0.2) is 0 Å².